The molecular formula is C29H42N8O2. The van der Waals surface area contributed by atoms with Gasteiger partial charge in [0.15, 0.2) is 0 Å². The fourth-order valence-electron chi connectivity index (χ4n) is 4.38. The summed E-state index contributed by atoms with van der Waals surface area (Å²) in [5.74, 6) is 0.702. The van der Waals surface area contributed by atoms with Gasteiger partial charge in [-0.3, -0.25) is 14.6 Å². The van der Waals surface area contributed by atoms with E-state index in [1.54, 1.807) is 6.20 Å². The average Bonchev–Trinajstić information content (AvgIpc) is 2.95. The van der Waals surface area contributed by atoms with Crippen LogP contribution in [0.25, 0.3) is 11.3 Å². The Kier molecular flexibility index (Phi) is 12.1. The van der Waals surface area contributed by atoms with Gasteiger partial charge in [-0.15, -0.1) is 0 Å². The molecule has 0 atom stereocenters. The molecule has 0 spiro atoms. The minimum absolute atomic E-state index is 0.112. The molecule has 10 heteroatoms. The number of hydrogen-bond acceptors (Lipinski definition) is 9. The molecule has 39 heavy (non-hydrogen) atoms. The topological polar surface area (TPSA) is 110 Å². The minimum Gasteiger partial charge on any atom is -0.480 e. The lowest BCUT2D eigenvalue weighted by Gasteiger charge is -2.33. The Morgan fingerprint density at radius 1 is 1.05 bits per heavy atom. The third kappa shape index (κ3) is 9.58. The first-order valence-corrected chi connectivity index (χ1v) is 13.7. The van der Waals surface area contributed by atoms with Crippen LogP contribution in [0.4, 0.5) is 17.5 Å². The smallest absolute Gasteiger partial charge is 0.317 e. The van der Waals surface area contributed by atoms with E-state index >= 15 is 0 Å². The summed E-state index contributed by atoms with van der Waals surface area (Å²) in [6.07, 6.45) is 4.66. The zero-order chi connectivity index (χ0) is 28.0. The Hall–Kier alpha value is -3.60. The number of carbonyl (C=O) groups is 1. The van der Waals surface area contributed by atoms with E-state index in [4.69, 9.17) is 10.1 Å². The number of pyridine rings is 1. The summed E-state index contributed by atoms with van der Waals surface area (Å²) < 4.78 is 0. The number of carboxylic acids is 1. The third-order valence-electron chi connectivity index (χ3n) is 6.42. The monoisotopic (exact) mass is 534 g/mol. The van der Waals surface area contributed by atoms with Gasteiger partial charge in [0, 0.05) is 70.0 Å². The molecule has 1 aliphatic rings. The van der Waals surface area contributed by atoms with E-state index < -0.39 is 5.97 Å². The van der Waals surface area contributed by atoms with Gasteiger partial charge in [0.1, 0.15) is 5.82 Å². The fourth-order valence-corrected chi connectivity index (χ4v) is 4.38. The zero-order valence-electron chi connectivity index (χ0n) is 23.6. The number of anilines is 3. The lowest BCUT2D eigenvalue weighted by Crippen LogP contribution is -2.47. The molecule has 1 fully saturated rings. The summed E-state index contributed by atoms with van der Waals surface area (Å²) in [5, 5.41) is 15.5. The summed E-state index contributed by atoms with van der Waals surface area (Å²) in [6, 6.07) is 14.2. The number of rotatable bonds is 12. The van der Waals surface area contributed by atoms with E-state index in [9.17, 15) is 4.79 Å². The van der Waals surface area contributed by atoms with Crippen molar-refractivity contribution in [1.82, 2.24) is 30.1 Å². The number of carboxylic acid groups (broad SMARTS) is 1. The second kappa shape index (κ2) is 15.7. The Balaban J connectivity index is 0.00000205. The first kappa shape index (κ1) is 29.9. The highest BCUT2D eigenvalue weighted by molar-refractivity contribution is 5.69. The first-order chi connectivity index (χ1) is 19.0. The molecule has 1 saturated heterocycles. The quantitative estimate of drug-likeness (QED) is 0.298. The summed E-state index contributed by atoms with van der Waals surface area (Å²) in [7, 11) is 4.02. The van der Waals surface area contributed by atoms with Crippen molar-refractivity contribution in [2.24, 2.45) is 0 Å². The van der Waals surface area contributed by atoms with Crippen molar-refractivity contribution in [2.45, 2.75) is 26.8 Å². The van der Waals surface area contributed by atoms with Crippen LogP contribution in [-0.4, -0.2) is 95.7 Å². The van der Waals surface area contributed by atoms with Crippen LogP contribution in [0.15, 0.2) is 54.9 Å². The van der Waals surface area contributed by atoms with Crippen LogP contribution in [0, 0.1) is 0 Å². The number of nitrogens with one attached hydrogen (secondary N) is 2. The molecule has 0 amide bonds. The van der Waals surface area contributed by atoms with Crippen LogP contribution in [0.3, 0.4) is 0 Å². The lowest BCUT2D eigenvalue weighted by atomic mass is 10.1. The van der Waals surface area contributed by atoms with Gasteiger partial charge in [-0.1, -0.05) is 26.0 Å². The summed E-state index contributed by atoms with van der Waals surface area (Å²) >= 11 is 0. The van der Waals surface area contributed by atoms with E-state index in [1.807, 2.05) is 62.3 Å². The molecule has 210 valence electrons. The maximum absolute atomic E-state index is 10.9. The highest BCUT2D eigenvalue weighted by Gasteiger charge is 2.18. The van der Waals surface area contributed by atoms with E-state index in [0.29, 0.717) is 5.95 Å². The number of nitrogens with zero attached hydrogens (tertiary/aromatic N) is 6. The van der Waals surface area contributed by atoms with Crippen LogP contribution in [0.5, 0.6) is 0 Å². The standard InChI is InChI=1S/C27H36N8O2.C2H6/c1-28-10-4-12-33(2)25-8-7-22(18-30-25)24-9-11-29-27(32-24)31-23-6-3-5-21(17-23)19-34-13-15-35(16-14-34)20-26(36)37;1-2/h3,5-9,11,17-18,28H,4,10,12-16,19-20H2,1-2H3,(H,36,37)(H,29,31,32);1-2H3. The Morgan fingerprint density at radius 3 is 2.51 bits per heavy atom. The normalized spacial score (nSPS) is 13.8. The lowest BCUT2D eigenvalue weighted by molar-refractivity contribution is -0.138. The van der Waals surface area contributed by atoms with Crippen LogP contribution in [-0.2, 0) is 11.3 Å². The van der Waals surface area contributed by atoms with E-state index in [1.165, 1.54) is 5.56 Å². The Bertz CT molecular complexity index is 1150. The van der Waals surface area contributed by atoms with Gasteiger partial charge in [0.25, 0.3) is 0 Å². The number of benzene rings is 1. The highest BCUT2D eigenvalue weighted by Crippen LogP contribution is 2.22. The fraction of sp³-hybridized carbons (Fsp3) is 0.448. The van der Waals surface area contributed by atoms with Gasteiger partial charge < -0.3 is 20.6 Å². The number of piperazine rings is 1. The summed E-state index contributed by atoms with van der Waals surface area (Å²) in [4.78, 5) is 31.1. The maximum Gasteiger partial charge on any atom is 0.317 e. The van der Waals surface area contributed by atoms with E-state index in [-0.39, 0.29) is 6.54 Å². The van der Waals surface area contributed by atoms with Gasteiger partial charge >= 0.3 is 5.97 Å². The van der Waals surface area contributed by atoms with E-state index in [0.717, 1.165) is 75.0 Å². The maximum atomic E-state index is 10.9. The van der Waals surface area contributed by atoms with Gasteiger partial charge in [0.2, 0.25) is 5.95 Å². The Morgan fingerprint density at radius 2 is 1.82 bits per heavy atom. The molecule has 3 N–H and O–H groups in total. The second-order valence-electron chi connectivity index (χ2n) is 9.32. The molecular weight excluding hydrogens is 492 g/mol. The average molecular weight is 535 g/mol. The second-order valence-corrected chi connectivity index (χ2v) is 9.32. The predicted molar refractivity (Wildman–Crippen MR) is 158 cm³/mol. The van der Waals surface area contributed by atoms with Crippen molar-refractivity contribution in [3.63, 3.8) is 0 Å². The molecule has 1 aromatic carbocycles. The molecule has 2 aromatic heterocycles. The molecule has 4 rings (SSSR count). The van der Waals surface area contributed by atoms with Gasteiger partial charge in [-0.25, -0.2) is 15.0 Å². The van der Waals surface area contributed by atoms with Crippen molar-refractivity contribution in [1.29, 1.82) is 0 Å². The SMILES string of the molecule is CC.CNCCCN(C)c1ccc(-c2ccnc(Nc3cccc(CN4CCN(CC(=O)O)CC4)c3)n2)cn1. The highest BCUT2D eigenvalue weighted by atomic mass is 16.4. The van der Waals surface area contributed by atoms with Crippen molar-refractivity contribution < 1.29 is 9.90 Å². The zero-order valence-corrected chi connectivity index (χ0v) is 23.6. The largest absolute Gasteiger partial charge is 0.480 e. The summed E-state index contributed by atoms with van der Waals surface area (Å²) in [6.45, 7) is 10.1. The molecule has 0 unspecified atom stereocenters. The molecule has 1 aliphatic heterocycles. The van der Waals surface area contributed by atoms with Crippen LogP contribution < -0.4 is 15.5 Å². The molecule has 3 heterocycles. The van der Waals surface area contributed by atoms with Crippen molar-refractivity contribution in [2.75, 3.05) is 70.1 Å². The Labute approximate surface area is 232 Å². The third-order valence-corrected chi connectivity index (χ3v) is 6.42. The number of aromatic nitrogens is 3. The van der Waals surface area contributed by atoms with E-state index in [2.05, 4.69) is 49.6 Å². The molecule has 0 bridgehead atoms. The van der Waals surface area contributed by atoms with Crippen molar-refractivity contribution in [3.8, 4) is 11.3 Å². The van der Waals surface area contributed by atoms with Crippen LogP contribution in [0.2, 0.25) is 0 Å². The minimum atomic E-state index is -0.768. The van der Waals surface area contributed by atoms with Gasteiger partial charge in [0.05, 0.1) is 12.2 Å². The molecule has 3 aromatic rings. The van der Waals surface area contributed by atoms with Gasteiger partial charge in [-0.05, 0) is 55.9 Å². The first-order valence-electron chi connectivity index (χ1n) is 13.7. The van der Waals surface area contributed by atoms with Gasteiger partial charge in [-0.2, -0.15) is 0 Å². The van der Waals surface area contributed by atoms with Crippen LogP contribution >= 0.6 is 0 Å². The predicted octanol–water partition coefficient (Wildman–Crippen LogP) is 3.56. The molecule has 0 aliphatic carbocycles. The van der Waals surface area contributed by atoms with Crippen LogP contribution in [0.1, 0.15) is 25.8 Å². The van der Waals surface area contributed by atoms with Crippen molar-refractivity contribution >= 4 is 23.4 Å². The molecule has 0 saturated carbocycles. The summed E-state index contributed by atoms with van der Waals surface area (Å²) in [5.41, 5.74) is 3.86. The van der Waals surface area contributed by atoms with Crippen molar-refractivity contribution in [3.05, 3.63) is 60.4 Å². The number of hydrogen-bond donors (Lipinski definition) is 3. The molecule has 0 radical (unpaired) electrons. The molecule has 10 nitrogen and oxygen atoms in total. The number of aliphatic carboxylic acids is 1.